The number of methoxy groups -OCH3 is 1. The van der Waals surface area contributed by atoms with Crippen LogP contribution in [0, 0.1) is 5.41 Å². The van der Waals surface area contributed by atoms with E-state index < -0.39 is 0 Å². The summed E-state index contributed by atoms with van der Waals surface area (Å²) in [6.07, 6.45) is 6.49. The van der Waals surface area contributed by atoms with Gasteiger partial charge in [0.1, 0.15) is 5.75 Å². The van der Waals surface area contributed by atoms with Gasteiger partial charge in [-0.1, -0.05) is 35.2 Å². The van der Waals surface area contributed by atoms with Gasteiger partial charge in [-0.3, -0.25) is 0 Å². The maximum absolute atomic E-state index is 6.23. The van der Waals surface area contributed by atoms with E-state index in [4.69, 9.17) is 16.3 Å². The SMILES string of the molecule is COc1ccc(Br)cc1CNCC1(CCl)CCCCC1. The molecule has 0 unspecified atom stereocenters. The number of hydrogen-bond donors (Lipinski definition) is 1. The summed E-state index contributed by atoms with van der Waals surface area (Å²) in [5.74, 6) is 1.69. The molecular formula is C16H23BrClNO. The van der Waals surface area contributed by atoms with Crippen LogP contribution in [0.1, 0.15) is 37.7 Å². The van der Waals surface area contributed by atoms with Gasteiger partial charge in [-0.25, -0.2) is 0 Å². The summed E-state index contributed by atoms with van der Waals surface area (Å²) in [5, 5.41) is 3.58. The zero-order chi connectivity index (χ0) is 14.4. The highest BCUT2D eigenvalue weighted by atomic mass is 79.9. The third-order valence-electron chi connectivity index (χ3n) is 4.26. The second-order valence-corrected chi connectivity index (χ2v) is 6.94. The average molecular weight is 361 g/mol. The molecule has 0 atom stereocenters. The molecule has 0 aliphatic heterocycles. The fourth-order valence-electron chi connectivity index (χ4n) is 3.01. The molecule has 1 aliphatic carbocycles. The molecule has 2 nitrogen and oxygen atoms in total. The van der Waals surface area contributed by atoms with E-state index in [1.54, 1.807) is 7.11 Å². The van der Waals surface area contributed by atoms with Gasteiger partial charge in [-0.05, 0) is 36.5 Å². The molecule has 1 aromatic rings. The number of nitrogens with one attached hydrogen (secondary N) is 1. The second-order valence-electron chi connectivity index (χ2n) is 5.75. The fourth-order valence-corrected chi connectivity index (χ4v) is 3.78. The molecule has 4 heteroatoms. The lowest BCUT2D eigenvalue weighted by molar-refractivity contribution is 0.212. The third-order valence-corrected chi connectivity index (χ3v) is 5.32. The molecule has 20 heavy (non-hydrogen) atoms. The van der Waals surface area contributed by atoms with Gasteiger partial charge in [-0.15, -0.1) is 11.6 Å². The van der Waals surface area contributed by atoms with Crippen LogP contribution in [0.25, 0.3) is 0 Å². The van der Waals surface area contributed by atoms with Crippen molar-refractivity contribution in [1.82, 2.24) is 5.32 Å². The summed E-state index contributed by atoms with van der Waals surface area (Å²) in [6, 6.07) is 6.11. The van der Waals surface area contributed by atoms with Crippen molar-refractivity contribution >= 4 is 27.5 Å². The Bertz CT molecular complexity index is 432. The normalized spacial score (nSPS) is 17.9. The highest BCUT2D eigenvalue weighted by Gasteiger charge is 2.30. The third kappa shape index (κ3) is 4.12. The van der Waals surface area contributed by atoms with E-state index in [0.29, 0.717) is 5.41 Å². The molecule has 2 rings (SSSR count). The smallest absolute Gasteiger partial charge is 0.123 e. The van der Waals surface area contributed by atoms with Crippen molar-refractivity contribution in [2.24, 2.45) is 5.41 Å². The molecule has 112 valence electrons. The summed E-state index contributed by atoms with van der Waals surface area (Å²) in [6.45, 7) is 1.81. The number of halogens is 2. The number of rotatable bonds is 6. The molecule has 0 amide bonds. The molecule has 0 saturated heterocycles. The zero-order valence-corrected chi connectivity index (χ0v) is 14.4. The minimum absolute atomic E-state index is 0.291. The summed E-state index contributed by atoms with van der Waals surface area (Å²) >= 11 is 9.74. The first-order valence-electron chi connectivity index (χ1n) is 7.28. The Hall–Kier alpha value is -0.250. The Morgan fingerprint density at radius 1 is 1.30 bits per heavy atom. The van der Waals surface area contributed by atoms with Gasteiger partial charge in [0.15, 0.2) is 0 Å². The van der Waals surface area contributed by atoms with Gasteiger partial charge >= 0.3 is 0 Å². The monoisotopic (exact) mass is 359 g/mol. The first-order valence-corrected chi connectivity index (χ1v) is 8.61. The Morgan fingerprint density at radius 3 is 2.70 bits per heavy atom. The van der Waals surface area contributed by atoms with Gasteiger partial charge in [0, 0.05) is 29.0 Å². The van der Waals surface area contributed by atoms with E-state index in [0.717, 1.165) is 29.2 Å². The van der Waals surface area contributed by atoms with Gasteiger partial charge < -0.3 is 10.1 Å². The predicted octanol–water partition coefficient (Wildman–Crippen LogP) is 4.74. The Kier molecular flexibility index (Phi) is 6.19. The van der Waals surface area contributed by atoms with Gasteiger partial charge in [-0.2, -0.15) is 0 Å². The molecular weight excluding hydrogens is 338 g/mol. The largest absolute Gasteiger partial charge is 0.496 e. The van der Waals surface area contributed by atoms with E-state index in [-0.39, 0.29) is 0 Å². The Labute approximate surface area is 135 Å². The summed E-state index contributed by atoms with van der Waals surface area (Å²) < 4.78 is 6.49. The van der Waals surface area contributed by atoms with Crippen molar-refractivity contribution in [1.29, 1.82) is 0 Å². The molecule has 1 fully saturated rings. The first-order chi connectivity index (χ1) is 9.69. The Balaban J connectivity index is 1.93. The van der Waals surface area contributed by atoms with Crippen molar-refractivity contribution < 1.29 is 4.74 Å². The maximum atomic E-state index is 6.23. The predicted molar refractivity (Wildman–Crippen MR) is 88.6 cm³/mol. The average Bonchev–Trinajstić information content (AvgIpc) is 2.48. The molecule has 1 aromatic carbocycles. The minimum Gasteiger partial charge on any atom is -0.496 e. The molecule has 1 N–H and O–H groups in total. The van der Waals surface area contributed by atoms with Crippen LogP contribution >= 0.6 is 27.5 Å². The van der Waals surface area contributed by atoms with Crippen LogP contribution in [0.5, 0.6) is 5.75 Å². The molecule has 0 bridgehead atoms. The van der Waals surface area contributed by atoms with E-state index in [2.05, 4.69) is 27.3 Å². The lowest BCUT2D eigenvalue weighted by Gasteiger charge is -2.35. The molecule has 1 saturated carbocycles. The molecule has 0 heterocycles. The fraction of sp³-hybridized carbons (Fsp3) is 0.625. The van der Waals surface area contributed by atoms with Gasteiger partial charge in [0.2, 0.25) is 0 Å². The van der Waals surface area contributed by atoms with E-state index in [9.17, 15) is 0 Å². The van der Waals surface area contributed by atoms with Crippen LogP contribution in [0.2, 0.25) is 0 Å². The van der Waals surface area contributed by atoms with E-state index in [1.807, 2.05) is 12.1 Å². The summed E-state index contributed by atoms with van der Waals surface area (Å²) in [7, 11) is 1.72. The lowest BCUT2D eigenvalue weighted by atomic mass is 9.75. The minimum atomic E-state index is 0.291. The van der Waals surface area contributed by atoms with Crippen LogP contribution < -0.4 is 10.1 Å². The van der Waals surface area contributed by atoms with Crippen molar-refractivity contribution in [2.75, 3.05) is 19.5 Å². The van der Waals surface area contributed by atoms with Crippen molar-refractivity contribution in [2.45, 2.75) is 38.6 Å². The quantitative estimate of drug-likeness (QED) is 0.740. The highest BCUT2D eigenvalue weighted by Crippen LogP contribution is 2.37. The van der Waals surface area contributed by atoms with Crippen molar-refractivity contribution in [3.63, 3.8) is 0 Å². The van der Waals surface area contributed by atoms with Crippen molar-refractivity contribution in [3.05, 3.63) is 28.2 Å². The first kappa shape index (κ1) is 16.1. The van der Waals surface area contributed by atoms with E-state index >= 15 is 0 Å². The van der Waals surface area contributed by atoms with Crippen molar-refractivity contribution in [3.8, 4) is 5.75 Å². The second kappa shape index (κ2) is 7.67. The molecule has 0 radical (unpaired) electrons. The topological polar surface area (TPSA) is 21.3 Å². The lowest BCUT2D eigenvalue weighted by Crippen LogP contribution is -2.37. The highest BCUT2D eigenvalue weighted by molar-refractivity contribution is 9.10. The van der Waals surface area contributed by atoms with Gasteiger partial charge in [0.05, 0.1) is 7.11 Å². The van der Waals surface area contributed by atoms with Gasteiger partial charge in [0.25, 0.3) is 0 Å². The van der Waals surface area contributed by atoms with Crippen LogP contribution in [-0.4, -0.2) is 19.5 Å². The number of ether oxygens (including phenoxy) is 1. The summed E-state index contributed by atoms with van der Waals surface area (Å²) in [5.41, 5.74) is 1.47. The van der Waals surface area contributed by atoms with Crippen LogP contribution in [0.4, 0.5) is 0 Å². The van der Waals surface area contributed by atoms with Crippen LogP contribution in [-0.2, 0) is 6.54 Å². The maximum Gasteiger partial charge on any atom is 0.123 e. The standard InChI is InChI=1S/C16H23BrClNO/c1-20-15-6-5-14(17)9-13(15)10-19-12-16(11-18)7-3-2-4-8-16/h5-6,9,19H,2-4,7-8,10-12H2,1H3. The number of hydrogen-bond acceptors (Lipinski definition) is 2. The van der Waals surface area contributed by atoms with Crippen LogP contribution in [0.15, 0.2) is 22.7 Å². The molecule has 1 aliphatic rings. The molecule has 0 spiro atoms. The zero-order valence-electron chi connectivity index (χ0n) is 12.1. The Morgan fingerprint density at radius 2 is 2.05 bits per heavy atom. The molecule has 0 aromatic heterocycles. The summed E-state index contributed by atoms with van der Waals surface area (Å²) in [4.78, 5) is 0. The van der Waals surface area contributed by atoms with E-state index in [1.165, 1.54) is 37.7 Å². The number of alkyl halides is 1. The van der Waals surface area contributed by atoms with Crippen LogP contribution in [0.3, 0.4) is 0 Å². The number of benzene rings is 1.